The number of aliphatic imine (C=N–C) groups is 1. The van der Waals surface area contributed by atoms with Crippen molar-refractivity contribution in [2.75, 3.05) is 32.8 Å². The molecule has 0 amide bonds. The molecule has 130 valence electrons. The number of aliphatic hydroxyl groups excluding tert-OH is 1. The van der Waals surface area contributed by atoms with Crippen LogP contribution in [0.3, 0.4) is 0 Å². The predicted molar refractivity (Wildman–Crippen MR) is 96.5 cm³/mol. The van der Waals surface area contributed by atoms with Gasteiger partial charge in [0.05, 0.1) is 12.6 Å². The Bertz CT molecular complexity index is 478. The third-order valence-corrected chi connectivity index (χ3v) is 3.43. The lowest BCUT2D eigenvalue weighted by Gasteiger charge is -2.13. The van der Waals surface area contributed by atoms with E-state index in [-0.39, 0.29) is 6.54 Å². The lowest BCUT2D eigenvalue weighted by atomic mass is 10.1. The smallest absolute Gasteiger partial charge is 0.191 e. The molecule has 0 spiro atoms. The molecule has 3 N–H and O–H groups in total. The van der Waals surface area contributed by atoms with Gasteiger partial charge in [-0.15, -0.1) is 0 Å². The van der Waals surface area contributed by atoms with E-state index in [0.717, 1.165) is 26.1 Å². The molecule has 0 saturated carbocycles. The van der Waals surface area contributed by atoms with Crippen LogP contribution in [0.15, 0.2) is 23.2 Å². The summed E-state index contributed by atoms with van der Waals surface area (Å²) in [5, 5.41) is 17.6. The molecule has 0 heterocycles. The van der Waals surface area contributed by atoms with Crippen molar-refractivity contribution in [1.29, 1.82) is 0 Å². The summed E-state index contributed by atoms with van der Waals surface area (Å²) in [4.78, 5) is 4.38. The van der Waals surface area contributed by atoms with E-state index in [0.29, 0.717) is 28.2 Å². The molecule has 0 radical (unpaired) electrons. The van der Waals surface area contributed by atoms with E-state index >= 15 is 0 Å². The first-order chi connectivity index (χ1) is 11.1. The Morgan fingerprint density at radius 1 is 1.22 bits per heavy atom. The molecule has 23 heavy (non-hydrogen) atoms. The monoisotopic (exact) mass is 361 g/mol. The maximum Gasteiger partial charge on any atom is 0.191 e. The Balaban J connectivity index is 2.54. The Labute approximate surface area is 148 Å². The molecule has 1 aromatic rings. The van der Waals surface area contributed by atoms with Crippen LogP contribution in [0.2, 0.25) is 10.0 Å². The third kappa shape index (κ3) is 8.42. The van der Waals surface area contributed by atoms with Gasteiger partial charge in [0, 0.05) is 36.3 Å². The number of guanidine groups is 1. The molecule has 1 rings (SSSR count). The average molecular weight is 362 g/mol. The molecule has 1 unspecified atom stereocenters. The zero-order valence-electron chi connectivity index (χ0n) is 13.6. The summed E-state index contributed by atoms with van der Waals surface area (Å²) in [7, 11) is 0. The zero-order valence-corrected chi connectivity index (χ0v) is 15.1. The number of hydrogen-bond donors (Lipinski definition) is 3. The first-order valence-corrected chi connectivity index (χ1v) is 8.56. The van der Waals surface area contributed by atoms with E-state index in [4.69, 9.17) is 27.9 Å². The van der Waals surface area contributed by atoms with E-state index in [1.165, 1.54) is 0 Å². The molecule has 1 atom stereocenters. The number of halogens is 2. The number of benzene rings is 1. The molecule has 0 fully saturated rings. The van der Waals surface area contributed by atoms with E-state index in [2.05, 4.69) is 15.6 Å². The fraction of sp³-hybridized carbons (Fsp3) is 0.562. The number of ether oxygens (including phenoxy) is 1. The molecular weight excluding hydrogens is 337 g/mol. The van der Waals surface area contributed by atoms with Crippen LogP contribution in [-0.2, 0) is 4.74 Å². The number of rotatable bonds is 9. The standard InChI is InChI=1S/C16H25Cl2N3O2/c1-3-19-16(20-6-5-7-23-4-2)21-11-15(22)12-8-13(17)10-14(18)9-12/h8-10,15,22H,3-7,11H2,1-2H3,(H2,19,20,21). The fourth-order valence-electron chi connectivity index (χ4n) is 1.92. The summed E-state index contributed by atoms with van der Waals surface area (Å²) in [6.07, 6.45) is 0.134. The van der Waals surface area contributed by atoms with Crippen molar-refractivity contribution in [2.45, 2.75) is 26.4 Å². The second-order valence-electron chi connectivity index (χ2n) is 4.92. The summed E-state index contributed by atoms with van der Waals surface area (Å²) in [5.74, 6) is 0.663. The summed E-state index contributed by atoms with van der Waals surface area (Å²) in [6, 6.07) is 5.01. The van der Waals surface area contributed by atoms with Crippen LogP contribution in [0, 0.1) is 0 Å². The molecule has 7 heteroatoms. The molecule has 0 aromatic heterocycles. The Hall–Kier alpha value is -1.01. The van der Waals surface area contributed by atoms with Gasteiger partial charge >= 0.3 is 0 Å². The van der Waals surface area contributed by atoms with Crippen molar-refractivity contribution in [3.8, 4) is 0 Å². The third-order valence-electron chi connectivity index (χ3n) is 3.00. The fourth-order valence-corrected chi connectivity index (χ4v) is 2.46. The summed E-state index contributed by atoms with van der Waals surface area (Å²) in [6.45, 7) is 7.13. The second-order valence-corrected chi connectivity index (χ2v) is 5.79. The van der Waals surface area contributed by atoms with Crippen LogP contribution < -0.4 is 10.6 Å². The van der Waals surface area contributed by atoms with Gasteiger partial charge in [-0.3, -0.25) is 4.99 Å². The minimum Gasteiger partial charge on any atom is -0.386 e. The Kier molecular flexibility index (Phi) is 10.0. The predicted octanol–water partition coefficient (Wildman–Crippen LogP) is 3.01. The van der Waals surface area contributed by atoms with Crippen molar-refractivity contribution in [1.82, 2.24) is 10.6 Å². The molecule has 0 aliphatic heterocycles. The number of nitrogens with one attached hydrogen (secondary N) is 2. The minimum atomic E-state index is -0.759. The minimum absolute atomic E-state index is 0.220. The van der Waals surface area contributed by atoms with Gasteiger partial charge in [-0.1, -0.05) is 23.2 Å². The molecule has 5 nitrogen and oxygen atoms in total. The number of aliphatic hydroxyl groups is 1. The van der Waals surface area contributed by atoms with Crippen molar-refractivity contribution in [2.24, 2.45) is 4.99 Å². The normalized spacial score (nSPS) is 13.0. The zero-order chi connectivity index (χ0) is 17.1. The van der Waals surface area contributed by atoms with Gasteiger partial charge in [0.15, 0.2) is 5.96 Å². The molecule has 0 bridgehead atoms. The SMILES string of the molecule is CCNC(=NCC(O)c1cc(Cl)cc(Cl)c1)NCCCOCC. The highest BCUT2D eigenvalue weighted by molar-refractivity contribution is 6.34. The number of hydrogen-bond acceptors (Lipinski definition) is 3. The highest BCUT2D eigenvalue weighted by Gasteiger charge is 2.09. The second kappa shape index (κ2) is 11.5. The van der Waals surface area contributed by atoms with Crippen LogP contribution in [0.4, 0.5) is 0 Å². The summed E-state index contributed by atoms with van der Waals surface area (Å²) in [5.41, 5.74) is 0.651. The van der Waals surface area contributed by atoms with Gasteiger partial charge in [0.2, 0.25) is 0 Å². The van der Waals surface area contributed by atoms with Gasteiger partial charge in [-0.05, 0) is 44.0 Å². The molecule has 0 aliphatic carbocycles. The quantitative estimate of drug-likeness (QED) is 0.359. The van der Waals surface area contributed by atoms with Crippen molar-refractivity contribution >= 4 is 29.2 Å². The maximum atomic E-state index is 10.2. The lowest BCUT2D eigenvalue weighted by Crippen LogP contribution is -2.38. The largest absolute Gasteiger partial charge is 0.386 e. The van der Waals surface area contributed by atoms with Gasteiger partial charge < -0.3 is 20.5 Å². The van der Waals surface area contributed by atoms with E-state index < -0.39 is 6.10 Å². The van der Waals surface area contributed by atoms with Crippen LogP contribution >= 0.6 is 23.2 Å². The molecule has 1 aromatic carbocycles. The van der Waals surface area contributed by atoms with Gasteiger partial charge in [0.25, 0.3) is 0 Å². The molecule has 0 saturated heterocycles. The highest BCUT2D eigenvalue weighted by atomic mass is 35.5. The summed E-state index contributed by atoms with van der Waals surface area (Å²) >= 11 is 11.9. The Morgan fingerprint density at radius 2 is 1.91 bits per heavy atom. The summed E-state index contributed by atoms with van der Waals surface area (Å²) < 4.78 is 5.29. The van der Waals surface area contributed by atoms with Crippen molar-refractivity contribution in [3.63, 3.8) is 0 Å². The van der Waals surface area contributed by atoms with E-state index in [9.17, 15) is 5.11 Å². The first kappa shape index (κ1) is 20.0. The molecule has 0 aliphatic rings. The topological polar surface area (TPSA) is 65.9 Å². The number of nitrogens with zero attached hydrogens (tertiary/aromatic N) is 1. The average Bonchev–Trinajstić information content (AvgIpc) is 2.51. The van der Waals surface area contributed by atoms with Crippen LogP contribution in [0.5, 0.6) is 0 Å². The Morgan fingerprint density at radius 3 is 2.52 bits per heavy atom. The van der Waals surface area contributed by atoms with Crippen molar-refractivity contribution in [3.05, 3.63) is 33.8 Å². The molecular formula is C16H25Cl2N3O2. The van der Waals surface area contributed by atoms with E-state index in [1.54, 1.807) is 18.2 Å². The maximum absolute atomic E-state index is 10.2. The van der Waals surface area contributed by atoms with Crippen molar-refractivity contribution < 1.29 is 9.84 Å². The van der Waals surface area contributed by atoms with Gasteiger partial charge in [-0.2, -0.15) is 0 Å². The van der Waals surface area contributed by atoms with Gasteiger partial charge in [0.1, 0.15) is 0 Å². The van der Waals surface area contributed by atoms with Crippen LogP contribution in [0.25, 0.3) is 0 Å². The lowest BCUT2D eigenvalue weighted by molar-refractivity contribution is 0.145. The highest BCUT2D eigenvalue weighted by Crippen LogP contribution is 2.23. The van der Waals surface area contributed by atoms with Crippen LogP contribution in [-0.4, -0.2) is 43.9 Å². The first-order valence-electron chi connectivity index (χ1n) is 7.80. The van der Waals surface area contributed by atoms with E-state index in [1.807, 2.05) is 13.8 Å². The van der Waals surface area contributed by atoms with Crippen LogP contribution in [0.1, 0.15) is 31.9 Å². The van der Waals surface area contributed by atoms with Gasteiger partial charge in [-0.25, -0.2) is 0 Å².